The number of rotatable bonds is 7. The molecule has 0 aliphatic carbocycles. The number of likely N-dealkylation sites (N-methyl/N-ethyl adjacent to an activating group) is 1. The van der Waals surface area contributed by atoms with Crippen molar-refractivity contribution in [2.24, 2.45) is 5.73 Å². The lowest BCUT2D eigenvalue weighted by molar-refractivity contribution is -0.141. The highest BCUT2D eigenvalue weighted by Crippen LogP contribution is 2.36. The largest absolute Gasteiger partial charge is 0.405 e. The van der Waals surface area contributed by atoms with Crippen LogP contribution in [-0.4, -0.2) is 103 Å². The van der Waals surface area contributed by atoms with Crippen LogP contribution >= 0.6 is 11.3 Å². The quantitative estimate of drug-likeness (QED) is 0.466. The van der Waals surface area contributed by atoms with Crippen molar-refractivity contribution >= 4 is 39.4 Å². The number of thiophene rings is 1. The molecule has 1 amide bonds. The molecular weight excluding hydrogens is 529 g/mol. The molecule has 2 aliphatic heterocycles. The number of halogens is 1. The van der Waals surface area contributed by atoms with Crippen LogP contribution in [0.25, 0.3) is 27.7 Å². The molecule has 40 heavy (non-hydrogen) atoms. The third-order valence-electron chi connectivity index (χ3n) is 7.72. The van der Waals surface area contributed by atoms with Crippen molar-refractivity contribution < 1.29 is 13.9 Å². The fourth-order valence-corrected chi connectivity index (χ4v) is 6.65. The second-order valence-corrected chi connectivity index (χ2v) is 12.1. The molecule has 0 bridgehead atoms. The molecular formula is C29H38FN7O2S. The van der Waals surface area contributed by atoms with Gasteiger partial charge in [0, 0.05) is 70.3 Å². The number of nitrogens with two attached hydrogens (primary N) is 1. The maximum atomic E-state index is 14.3. The summed E-state index contributed by atoms with van der Waals surface area (Å²) < 4.78 is 20.9. The molecule has 2 aromatic heterocycles. The molecule has 9 nitrogen and oxygen atoms in total. The van der Waals surface area contributed by atoms with Gasteiger partial charge in [0.15, 0.2) is 11.6 Å². The van der Waals surface area contributed by atoms with Gasteiger partial charge in [-0.05, 0) is 49.9 Å². The molecule has 0 atom stereocenters. The van der Waals surface area contributed by atoms with Gasteiger partial charge in [0.25, 0.3) is 0 Å². The number of benzene rings is 1. The molecule has 1 aromatic carbocycles. The molecule has 3 aromatic rings. The summed E-state index contributed by atoms with van der Waals surface area (Å²) >= 11 is 1.72. The number of aromatic nitrogens is 2. The van der Waals surface area contributed by atoms with Gasteiger partial charge in [0.1, 0.15) is 5.82 Å². The number of anilines is 1. The number of hydrogen-bond acceptors (Lipinski definition) is 9. The molecule has 0 spiro atoms. The van der Waals surface area contributed by atoms with Crippen LogP contribution < -0.4 is 10.6 Å². The Labute approximate surface area is 239 Å². The van der Waals surface area contributed by atoms with E-state index < -0.39 is 5.54 Å². The average molecular weight is 568 g/mol. The van der Waals surface area contributed by atoms with E-state index in [0.29, 0.717) is 24.6 Å². The van der Waals surface area contributed by atoms with Crippen molar-refractivity contribution in [3.63, 3.8) is 0 Å². The Hall–Kier alpha value is -3.12. The van der Waals surface area contributed by atoms with E-state index in [4.69, 9.17) is 20.4 Å². The minimum absolute atomic E-state index is 0.124. The molecule has 0 saturated carbocycles. The van der Waals surface area contributed by atoms with Crippen LogP contribution in [0.3, 0.4) is 0 Å². The summed E-state index contributed by atoms with van der Waals surface area (Å²) in [5.74, 6) is 1.12. The lowest BCUT2D eigenvalue weighted by Crippen LogP contribution is -2.60. The van der Waals surface area contributed by atoms with Crippen LogP contribution in [0.1, 0.15) is 24.3 Å². The zero-order valence-corrected chi connectivity index (χ0v) is 24.5. The Kier molecular flexibility index (Phi) is 8.37. The second kappa shape index (κ2) is 11.8. The van der Waals surface area contributed by atoms with Gasteiger partial charge >= 0.3 is 0 Å². The normalized spacial score (nSPS) is 17.7. The summed E-state index contributed by atoms with van der Waals surface area (Å²) in [5, 5.41) is 0. The van der Waals surface area contributed by atoms with Crippen LogP contribution in [0, 0.1) is 5.82 Å². The first kappa shape index (κ1) is 28.4. The van der Waals surface area contributed by atoms with Gasteiger partial charge in [-0.15, -0.1) is 11.3 Å². The van der Waals surface area contributed by atoms with Crippen molar-refractivity contribution in [3.05, 3.63) is 46.7 Å². The van der Waals surface area contributed by atoms with E-state index in [1.54, 1.807) is 28.4 Å². The van der Waals surface area contributed by atoms with Gasteiger partial charge in [0.05, 0.1) is 29.0 Å². The summed E-state index contributed by atoms with van der Waals surface area (Å²) in [7, 11) is 3.62. The van der Waals surface area contributed by atoms with Crippen LogP contribution in [0.15, 0.2) is 30.5 Å². The fraction of sp³-hybridized carbons (Fsp3) is 0.483. The van der Waals surface area contributed by atoms with E-state index in [0.717, 1.165) is 67.4 Å². The van der Waals surface area contributed by atoms with Gasteiger partial charge in [-0.3, -0.25) is 14.6 Å². The van der Waals surface area contributed by atoms with Crippen molar-refractivity contribution in [1.29, 1.82) is 0 Å². The Balaban J connectivity index is 1.43. The molecule has 2 saturated heterocycles. The van der Waals surface area contributed by atoms with E-state index in [1.165, 1.54) is 23.2 Å². The van der Waals surface area contributed by atoms with Crippen LogP contribution in [0.4, 0.5) is 10.2 Å². The first-order chi connectivity index (χ1) is 19.2. The number of hydrogen-bond donors (Lipinski definition) is 1. The number of ether oxygens (including phenoxy) is 1. The number of carbonyl (C=O) groups excluding carboxylic acids is 1. The van der Waals surface area contributed by atoms with E-state index in [2.05, 4.69) is 20.8 Å². The molecule has 5 rings (SSSR count). The van der Waals surface area contributed by atoms with Crippen LogP contribution in [-0.2, 0) is 16.1 Å². The molecule has 214 valence electrons. The molecule has 11 heteroatoms. The monoisotopic (exact) mass is 567 g/mol. The minimum atomic E-state index is -0.527. The Morgan fingerprint density at radius 1 is 1.12 bits per heavy atom. The van der Waals surface area contributed by atoms with Gasteiger partial charge in [-0.1, -0.05) is 6.07 Å². The third-order valence-corrected chi connectivity index (χ3v) is 8.82. The first-order valence-corrected chi connectivity index (χ1v) is 14.5. The predicted octanol–water partition coefficient (Wildman–Crippen LogP) is 3.25. The zero-order chi connectivity index (χ0) is 28.4. The number of carbonyl (C=O) groups is 1. The lowest BCUT2D eigenvalue weighted by Gasteiger charge is -2.43. The zero-order valence-electron chi connectivity index (χ0n) is 23.7. The third kappa shape index (κ3) is 5.83. The summed E-state index contributed by atoms with van der Waals surface area (Å²) in [5.41, 5.74) is 7.38. The number of piperazine rings is 1. The summed E-state index contributed by atoms with van der Waals surface area (Å²) in [6, 6.07) is 6.72. The number of nitrogens with zero attached hydrogens (tertiary/aromatic N) is 6. The highest BCUT2D eigenvalue weighted by molar-refractivity contribution is 7.19. The average Bonchev–Trinajstić information content (AvgIpc) is 3.36. The van der Waals surface area contributed by atoms with Crippen LogP contribution in [0.2, 0.25) is 0 Å². The SMILES string of the molecule is CN(C)C(=O)C(C)(C)N1CCN(Cc2cc3nc(-c4cc(F)ccc4/C=C\N)nc(N4CCOCC4)c3s2)CC1. The lowest BCUT2D eigenvalue weighted by atomic mass is 9.99. The molecule has 0 radical (unpaired) electrons. The van der Waals surface area contributed by atoms with Crippen LogP contribution in [0.5, 0.6) is 0 Å². The van der Waals surface area contributed by atoms with Crippen molar-refractivity contribution in [1.82, 2.24) is 24.7 Å². The van der Waals surface area contributed by atoms with Gasteiger partial charge in [-0.2, -0.15) is 0 Å². The molecule has 2 N–H and O–H groups in total. The van der Waals surface area contributed by atoms with Gasteiger partial charge in [-0.25, -0.2) is 14.4 Å². The predicted molar refractivity (Wildman–Crippen MR) is 159 cm³/mol. The Morgan fingerprint density at radius 3 is 2.52 bits per heavy atom. The van der Waals surface area contributed by atoms with E-state index in [-0.39, 0.29) is 11.7 Å². The van der Waals surface area contributed by atoms with Crippen molar-refractivity contribution in [3.8, 4) is 11.4 Å². The van der Waals surface area contributed by atoms with E-state index in [9.17, 15) is 9.18 Å². The Bertz CT molecular complexity index is 1390. The maximum Gasteiger partial charge on any atom is 0.242 e. The molecule has 4 heterocycles. The molecule has 2 fully saturated rings. The second-order valence-electron chi connectivity index (χ2n) is 11.0. The molecule has 2 aliphatic rings. The van der Waals surface area contributed by atoms with E-state index >= 15 is 0 Å². The maximum absolute atomic E-state index is 14.3. The Morgan fingerprint density at radius 2 is 1.85 bits per heavy atom. The standard InChI is InChI=1S/C29H38FN7O2S/c1-29(2,28(38)34(3)4)37-11-9-35(10-12-37)19-22-18-24-25(40-22)27(36-13-15-39-16-14-36)33-26(32-24)23-17-21(30)6-5-20(23)7-8-31/h5-8,17-18H,9-16,19,31H2,1-4H3/b8-7-. The number of amides is 1. The van der Waals surface area contributed by atoms with Gasteiger partial charge < -0.3 is 20.3 Å². The van der Waals surface area contributed by atoms with Gasteiger partial charge in [0.2, 0.25) is 5.91 Å². The number of morpholine rings is 1. The highest BCUT2D eigenvalue weighted by Gasteiger charge is 2.37. The van der Waals surface area contributed by atoms with Crippen molar-refractivity contribution in [2.75, 3.05) is 71.5 Å². The molecule has 0 unspecified atom stereocenters. The fourth-order valence-electron chi connectivity index (χ4n) is 5.49. The van der Waals surface area contributed by atoms with E-state index in [1.807, 2.05) is 27.9 Å². The summed E-state index contributed by atoms with van der Waals surface area (Å²) in [4.78, 5) is 32.4. The first-order valence-electron chi connectivity index (χ1n) is 13.7. The number of fused-ring (bicyclic) bond motifs is 1. The highest BCUT2D eigenvalue weighted by atomic mass is 32.1. The summed E-state index contributed by atoms with van der Waals surface area (Å²) in [6.07, 6.45) is 3.18. The smallest absolute Gasteiger partial charge is 0.242 e. The van der Waals surface area contributed by atoms with Crippen molar-refractivity contribution in [2.45, 2.75) is 25.9 Å². The summed E-state index contributed by atoms with van der Waals surface area (Å²) in [6.45, 7) is 11.0. The topological polar surface area (TPSA) is 91.1 Å². The minimum Gasteiger partial charge on any atom is -0.405 e.